The van der Waals surface area contributed by atoms with Crippen molar-refractivity contribution < 1.29 is 9.53 Å². The van der Waals surface area contributed by atoms with Crippen LogP contribution in [0.3, 0.4) is 0 Å². The molecule has 106 valence electrons. The quantitative estimate of drug-likeness (QED) is 0.760. The molecule has 0 aromatic heterocycles. The van der Waals surface area contributed by atoms with Crippen molar-refractivity contribution in [2.45, 2.75) is 58.6 Å². The molecule has 1 rings (SSSR count). The summed E-state index contributed by atoms with van der Waals surface area (Å²) >= 11 is 0. The first-order valence-corrected chi connectivity index (χ1v) is 6.98. The fraction of sp³-hybridized carbons (Fsp3) is 0.929. The number of carbonyl (C=O) groups excluding carboxylic acids is 1. The second kappa shape index (κ2) is 7.10. The van der Waals surface area contributed by atoms with E-state index in [2.05, 4.69) is 24.5 Å². The topological polar surface area (TPSA) is 50.4 Å². The van der Waals surface area contributed by atoms with Gasteiger partial charge in [-0.05, 0) is 38.1 Å². The molecule has 0 bridgehead atoms. The van der Waals surface area contributed by atoms with E-state index in [1.807, 2.05) is 6.92 Å². The SMILES string of the molecule is COC(C)CCC(=O)NCC1NCCCC1(C)C. The molecule has 1 aliphatic rings. The van der Waals surface area contributed by atoms with Crippen molar-refractivity contribution >= 4 is 5.91 Å². The van der Waals surface area contributed by atoms with Gasteiger partial charge in [0.2, 0.25) is 5.91 Å². The summed E-state index contributed by atoms with van der Waals surface area (Å²) in [7, 11) is 1.68. The Morgan fingerprint density at radius 3 is 2.89 bits per heavy atom. The maximum atomic E-state index is 11.7. The molecule has 1 aliphatic heterocycles. The smallest absolute Gasteiger partial charge is 0.220 e. The largest absolute Gasteiger partial charge is 0.382 e. The molecule has 1 heterocycles. The Balaban J connectivity index is 2.25. The van der Waals surface area contributed by atoms with Gasteiger partial charge in [-0.2, -0.15) is 0 Å². The fourth-order valence-electron chi connectivity index (χ4n) is 2.38. The van der Waals surface area contributed by atoms with E-state index in [4.69, 9.17) is 4.74 Å². The van der Waals surface area contributed by atoms with Gasteiger partial charge < -0.3 is 15.4 Å². The molecule has 2 unspecified atom stereocenters. The Morgan fingerprint density at radius 2 is 2.28 bits per heavy atom. The van der Waals surface area contributed by atoms with Crippen LogP contribution in [-0.4, -0.2) is 38.3 Å². The lowest BCUT2D eigenvalue weighted by Crippen LogP contribution is -2.52. The number of ether oxygens (including phenoxy) is 1. The third-order valence-electron chi connectivity index (χ3n) is 4.02. The maximum Gasteiger partial charge on any atom is 0.220 e. The summed E-state index contributed by atoms with van der Waals surface area (Å²) in [6.45, 7) is 8.31. The molecule has 4 heteroatoms. The molecule has 2 atom stereocenters. The maximum absolute atomic E-state index is 11.7. The van der Waals surface area contributed by atoms with Crippen molar-refractivity contribution in [3.8, 4) is 0 Å². The van der Waals surface area contributed by atoms with Crippen LogP contribution < -0.4 is 10.6 Å². The first kappa shape index (κ1) is 15.4. The number of hydrogen-bond acceptors (Lipinski definition) is 3. The van der Waals surface area contributed by atoms with E-state index in [9.17, 15) is 4.79 Å². The van der Waals surface area contributed by atoms with E-state index in [-0.39, 0.29) is 17.4 Å². The minimum Gasteiger partial charge on any atom is -0.382 e. The van der Waals surface area contributed by atoms with Crippen molar-refractivity contribution in [3.63, 3.8) is 0 Å². The molecule has 0 saturated carbocycles. The molecule has 1 fully saturated rings. The number of piperidine rings is 1. The lowest BCUT2D eigenvalue weighted by atomic mass is 9.77. The van der Waals surface area contributed by atoms with Crippen LogP contribution in [0, 0.1) is 5.41 Å². The van der Waals surface area contributed by atoms with Crippen LogP contribution in [0.15, 0.2) is 0 Å². The number of hydrogen-bond donors (Lipinski definition) is 2. The Labute approximate surface area is 111 Å². The van der Waals surface area contributed by atoms with Crippen molar-refractivity contribution in [2.75, 3.05) is 20.2 Å². The summed E-state index contributed by atoms with van der Waals surface area (Å²) < 4.78 is 5.14. The molecule has 0 aromatic carbocycles. The number of methoxy groups -OCH3 is 1. The van der Waals surface area contributed by atoms with E-state index in [1.165, 1.54) is 12.8 Å². The first-order chi connectivity index (χ1) is 8.45. The molecule has 0 aliphatic carbocycles. The Bertz CT molecular complexity index is 267. The molecule has 1 amide bonds. The Kier molecular flexibility index (Phi) is 6.09. The zero-order valence-electron chi connectivity index (χ0n) is 12.2. The minimum absolute atomic E-state index is 0.127. The number of rotatable bonds is 6. The average Bonchev–Trinajstić information content (AvgIpc) is 2.34. The summed E-state index contributed by atoms with van der Waals surface area (Å²) in [6, 6.07) is 0.384. The first-order valence-electron chi connectivity index (χ1n) is 6.98. The molecule has 0 spiro atoms. The second-order valence-corrected chi connectivity index (χ2v) is 5.99. The molecular formula is C14H28N2O2. The van der Waals surface area contributed by atoms with Gasteiger partial charge in [0.25, 0.3) is 0 Å². The molecule has 1 saturated heterocycles. The van der Waals surface area contributed by atoms with Gasteiger partial charge in [0.1, 0.15) is 0 Å². The van der Waals surface area contributed by atoms with Crippen LogP contribution in [0.25, 0.3) is 0 Å². The van der Waals surface area contributed by atoms with Crippen LogP contribution in [0.4, 0.5) is 0 Å². The predicted molar refractivity (Wildman–Crippen MR) is 73.5 cm³/mol. The minimum atomic E-state index is 0.127. The van der Waals surface area contributed by atoms with Gasteiger partial charge in [-0.25, -0.2) is 0 Å². The fourth-order valence-corrected chi connectivity index (χ4v) is 2.38. The molecular weight excluding hydrogens is 228 g/mol. The Hall–Kier alpha value is -0.610. The summed E-state index contributed by atoms with van der Waals surface area (Å²) in [5, 5.41) is 6.53. The van der Waals surface area contributed by atoms with Gasteiger partial charge >= 0.3 is 0 Å². The average molecular weight is 256 g/mol. The van der Waals surface area contributed by atoms with Gasteiger partial charge in [-0.1, -0.05) is 13.8 Å². The molecule has 2 N–H and O–H groups in total. The van der Waals surface area contributed by atoms with Crippen LogP contribution >= 0.6 is 0 Å². The van der Waals surface area contributed by atoms with Crippen LogP contribution in [0.5, 0.6) is 0 Å². The monoisotopic (exact) mass is 256 g/mol. The van der Waals surface area contributed by atoms with Crippen molar-refractivity contribution in [2.24, 2.45) is 5.41 Å². The van der Waals surface area contributed by atoms with E-state index >= 15 is 0 Å². The zero-order chi connectivity index (χ0) is 13.6. The second-order valence-electron chi connectivity index (χ2n) is 5.99. The lowest BCUT2D eigenvalue weighted by Gasteiger charge is -2.39. The summed E-state index contributed by atoms with van der Waals surface area (Å²) in [5.41, 5.74) is 0.269. The third kappa shape index (κ3) is 4.94. The molecule has 18 heavy (non-hydrogen) atoms. The van der Waals surface area contributed by atoms with Crippen molar-refractivity contribution in [3.05, 3.63) is 0 Å². The summed E-state index contributed by atoms with van der Waals surface area (Å²) in [5.74, 6) is 0.127. The number of nitrogens with one attached hydrogen (secondary N) is 2. The van der Waals surface area contributed by atoms with E-state index in [1.54, 1.807) is 7.11 Å². The van der Waals surface area contributed by atoms with Crippen molar-refractivity contribution in [1.29, 1.82) is 0 Å². The summed E-state index contributed by atoms with van der Waals surface area (Å²) in [4.78, 5) is 11.7. The third-order valence-corrected chi connectivity index (χ3v) is 4.02. The molecule has 0 aromatic rings. The molecule has 0 radical (unpaired) electrons. The van der Waals surface area contributed by atoms with E-state index in [0.717, 1.165) is 19.5 Å². The molecule has 4 nitrogen and oxygen atoms in total. The highest BCUT2D eigenvalue weighted by Gasteiger charge is 2.31. The standard InChI is InChI=1S/C14H28N2O2/c1-11(18-4)6-7-13(17)16-10-12-14(2,3)8-5-9-15-12/h11-12,15H,5-10H2,1-4H3,(H,16,17). The highest BCUT2D eigenvalue weighted by atomic mass is 16.5. The van der Waals surface area contributed by atoms with E-state index in [0.29, 0.717) is 12.5 Å². The van der Waals surface area contributed by atoms with E-state index < -0.39 is 0 Å². The normalized spacial score (nSPS) is 24.6. The van der Waals surface area contributed by atoms with Gasteiger partial charge in [-0.15, -0.1) is 0 Å². The highest BCUT2D eigenvalue weighted by Crippen LogP contribution is 2.29. The number of carbonyl (C=O) groups is 1. The van der Waals surface area contributed by atoms with Crippen LogP contribution in [-0.2, 0) is 9.53 Å². The highest BCUT2D eigenvalue weighted by molar-refractivity contribution is 5.75. The predicted octanol–water partition coefficient (Wildman–Crippen LogP) is 1.70. The van der Waals surface area contributed by atoms with Gasteiger partial charge in [0, 0.05) is 26.1 Å². The zero-order valence-corrected chi connectivity index (χ0v) is 12.2. The Morgan fingerprint density at radius 1 is 1.56 bits per heavy atom. The van der Waals surface area contributed by atoms with Crippen LogP contribution in [0.1, 0.15) is 46.5 Å². The van der Waals surface area contributed by atoms with Gasteiger partial charge in [0.05, 0.1) is 6.10 Å². The van der Waals surface area contributed by atoms with Crippen molar-refractivity contribution in [1.82, 2.24) is 10.6 Å². The van der Waals surface area contributed by atoms with Gasteiger partial charge in [-0.3, -0.25) is 4.79 Å². The van der Waals surface area contributed by atoms with Gasteiger partial charge in [0.15, 0.2) is 0 Å². The van der Waals surface area contributed by atoms with Crippen LogP contribution in [0.2, 0.25) is 0 Å². The lowest BCUT2D eigenvalue weighted by molar-refractivity contribution is -0.122. The number of amides is 1. The summed E-state index contributed by atoms with van der Waals surface area (Å²) in [6.07, 6.45) is 3.93.